The van der Waals surface area contributed by atoms with E-state index in [4.69, 9.17) is 20.8 Å². The lowest BCUT2D eigenvalue weighted by Crippen LogP contribution is -3.09. The van der Waals surface area contributed by atoms with Crippen LogP contribution >= 0.6 is 22.9 Å². The lowest BCUT2D eigenvalue weighted by molar-refractivity contribution is -0.921. The number of thiophene rings is 1. The minimum atomic E-state index is -0.354. The molecule has 1 N–H and O–H groups in total. The van der Waals surface area contributed by atoms with Crippen LogP contribution in [0.3, 0.4) is 0 Å². The van der Waals surface area contributed by atoms with E-state index in [1.165, 1.54) is 9.78 Å². The van der Waals surface area contributed by atoms with E-state index in [9.17, 15) is 4.79 Å². The van der Waals surface area contributed by atoms with E-state index in [0.29, 0.717) is 17.9 Å². The van der Waals surface area contributed by atoms with E-state index in [1.54, 1.807) is 30.6 Å². The molecule has 0 radical (unpaired) electrons. The quantitative estimate of drug-likeness (QED) is 0.508. The number of quaternary nitrogens is 1. The molecule has 0 amide bonds. The summed E-state index contributed by atoms with van der Waals surface area (Å²) in [5.74, 6) is 0.663. The molecular formula is C19H19ClNO3S+. The molecule has 0 fully saturated rings. The summed E-state index contributed by atoms with van der Waals surface area (Å²) < 4.78 is 11.3. The molecule has 0 saturated heterocycles. The van der Waals surface area contributed by atoms with E-state index in [2.05, 4.69) is 6.58 Å². The van der Waals surface area contributed by atoms with Crippen LogP contribution in [0.1, 0.15) is 10.4 Å². The SMILES string of the molecule is C=CC[NH+](Cc1ccc(Cl)s1)Cc1cc(=O)oc2cc(OC)ccc12. The monoisotopic (exact) mass is 376 g/mol. The summed E-state index contributed by atoms with van der Waals surface area (Å²) in [6.45, 7) is 6.15. The maximum Gasteiger partial charge on any atom is 0.336 e. The molecule has 1 aromatic carbocycles. The lowest BCUT2D eigenvalue weighted by Gasteiger charge is -2.18. The Morgan fingerprint density at radius 2 is 2.12 bits per heavy atom. The number of halogens is 1. The molecule has 130 valence electrons. The van der Waals surface area contributed by atoms with Crippen molar-refractivity contribution in [2.75, 3.05) is 13.7 Å². The smallest absolute Gasteiger partial charge is 0.336 e. The molecule has 2 aromatic heterocycles. The minimum absolute atomic E-state index is 0.354. The number of rotatable bonds is 7. The van der Waals surface area contributed by atoms with Gasteiger partial charge in [0.05, 0.1) is 22.9 Å². The number of fused-ring (bicyclic) bond motifs is 1. The van der Waals surface area contributed by atoms with Gasteiger partial charge in [0.25, 0.3) is 0 Å². The Hall–Kier alpha value is -2.08. The first kappa shape index (κ1) is 17.7. The lowest BCUT2D eigenvalue weighted by atomic mass is 10.1. The molecule has 0 aliphatic rings. The number of ether oxygens (including phenoxy) is 1. The second kappa shape index (κ2) is 7.87. The van der Waals surface area contributed by atoms with Crippen molar-refractivity contribution in [3.8, 4) is 5.75 Å². The highest BCUT2D eigenvalue weighted by molar-refractivity contribution is 7.16. The number of benzene rings is 1. The van der Waals surface area contributed by atoms with Crippen LogP contribution in [0.2, 0.25) is 4.34 Å². The molecule has 6 heteroatoms. The van der Waals surface area contributed by atoms with Crippen molar-refractivity contribution in [3.05, 3.63) is 74.3 Å². The van der Waals surface area contributed by atoms with Gasteiger partial charge in [-0.1, -0.05) is 18.2 Å². The summed E-state index contributed by atoms with van der Waals surface area (Å²) in [6, 6.07) is 11.1. The molecule has 3 rings (SSSR count). The maximum absolute atomic E-state index is 12.0. The molecule has 0 spiro atoms. The highest BCUT2D eigenvalue weighted by Gasteiger charge is 2.15. The molecule has 3 aromatic rings. The minimum Gasteiger partial charge on any atom is -0.497 e. The van der Waals surface area contributed by atoms with Gasteiger partial charge in [-0.25, -0.2) is 4.79 Å². The van der Waals surface area contributed by atoms with E-state index in [1.807, 2.05) is 30.3 Å². The van der Waals surface area contributed by atoms with Gasteiger partial charge in [0.2, 0.25) is 0 Å². The number of hydrogen-bond acceptors (Lipinski definition) is 4. The third-order valence-electron chi connectivity index (χ3n) is 3.96. The fraction of sp³-hybridized carbons (Fsp3) is 0.211. The Labute approximate surface area is 154 Å². The summed E-state index contributed by atoms with van der Waals surface area (Å²) in [5.41, 5.74) is 1.14. The standard InChI is InChI=1S/C19H18ClNO3S/c1-3-8-21(12-15-5-7-18(20)25-15)11-13-9-19(22)24-17-10-14(23-2)4-6-16(13)17/h3-7,9-10H,1,8,11-12H2,2H3/p+1. The second-order valence-electron chi connectivity index (χ2n) is 5.75. The molecule has 1 unspecified atom stereocenters. The van der Waals surface area contributed by atoms with Crippen LogP contribution in [0.25, 0.3) is 11.0 Å². The van der Waals surface area contributed by atoms with Crippen LogP contribution in [0.5, 0.6) is 5.75 Å². The Morgan fingerprint density at radius 3 is 2.80 bits per heavy atom. The van der Waals surface area contributed by atoms with Gasteiger partial charge in [-0.2, -0.15) is 0 Å². The number of methoxy groups -OCH3 is 1. The van der Waals surface area contributed by atoms with Crippen LogP contribution in [0.15, 0.2) is 58.3 Å². The second-order valence-corrected chi connectivity index (χ2v) is 7.55. The Morgan fingerprint density at radius 1 is 1.28 bits per heavy atom. The summed E-state index contributed by atoms with van der Waals surface area (Å²) in [4.78, 5) is 14.4. The molecule has 1 atom stereocenters. The predicted molar refractivity (Wildman–Crippen MR) is 102 cm³/mol. The summed E-state index contributed by atoms with van der Waals surface area (Å²) in [7, 11) is 1.59. The van der Waals surface area contributed by atoms with Gasteiger partial charge < -0.3 is 14.1 Å². The van der Waals surface area contributed by atoms with Gasteiger partial charge in [0.1, 0.15) is 24.4 Å². The molecule has 4 nitrogen and oxygen atoms in total. The fourth-order valence-corrected chi connectivity index (χ4v) is 4.02. The van der Waals surface area contributed by atoms with Crippen molar-refractivity contribution in [2.24, 2.45) is 0 Å². The first-order chi connectivity index (χ1) is 12.1. The average Bonchev–Trinajstić information content (AvgIpc) is 2.99. The van der Waals surface area contributed by atoms with Gasteiger partial charge >= 0.3 is 5.63 Å². The van der Waals surface area contributed by atoms with Gasteiger partial charge in [-0.15, -0.1) is 11.3 Å². The molecular weight excluding hydrogens is 358 g/mol. The summed E-state index contributed by atoms with van der Waals surface area (Å²) >= 11 is 7.61. The highest BCUT2D eigenvalue weighted by atomic mass is 35.5. The Kier molecular flexibility index (Phi) is 5.58. The molecule has 0 aliphatic carbocycles. The first-order valence-corrected chi connectivity index (χ1v) is 9.08. The average molecular weight is 377 g/mol. The van der Waals surface area contributed by atoms with E-state index >= 15 is 0 Å². The Bertz CT molecular complexity index is 947. The third-order valence-corrected chi connectivity index (χ3v) is 5.20. The summed E-state index contributed by atoms with van der Waals surface area (Å²) in [5, 5.41) is 0.922. The molecule has 2 heterocycles. The van der Waals surface area contributed by atoms with Crippen LogP contribution in [-0.4, -0.2) is 13.7 Å². The van der Waals surface area contributed by atoms with Crippen molar-refractivity contribution >= 4 is 33.9 Å². The largest absolute Gasteiger partial charge is 0.497 e. The first-order valence-electron chi connectivity index (χ1n) is 7.88. The van der Waals surface area contributed by atoms with Crippen LogP contribution in [0.4, 0.5) is 0 Å². The van der Waals surface area contributed by atoms with Crippen LogP contribution in [-0.2, 0) is 13.1 Å². The topological polar surface area (TPSA) is 43.9 Å². The predicted octanol–water partition coefficient (Wildman–Crippen LogP) is 3.29. The zero-order valence-electron chi connectivity index (χ0n) is 13.9. The normalized spacial score (nSPS) is 12.2. The van der Waals surface area contributed by atoms with Crippen molar-refractivity contribution in [1.82, 2.24) is 0 Å². The van der Waals surface area contributed by atoms with E-state index in [0.717, 1.165) is 28.4 Å². The fourth-order valence-electron chi connectivity index (χ4n) is 2.86. The number of nitrogens with one attached hydrogen (secondary N) is 1. The third kappa shape index (κ3) is 4.31. The van der Waals surface area contributed by atoms with E-state index in [-0.39, 0.29) is 5.63 Å². The maximum atomic E-state index is 12.0. The van der Waals surface area contributed by atoms with Crippen molar-refractivity contribution < 1.29 is 14.1 Å². The van der Waals surface area contributed by atoms with Crippen molar-refractivity contribution in [1.29, 1.82) is 0 Å². The summed E-state index contributed by atoms with van der Waals surface area (Å²) in [6.07, 6.45) is 1.89. The van der Waals surface area contributed by atoms with Gasteiger partial charge in [-0.05, 0) is 30.3 Å². The van der Waals surface area contributed by atoms with E-state index < -0.39 is 0 Å². The molecule has 0 saturated carbocycles. The zero-order chi connectivity index (χ0) is 17.8. The molecule has 25 heavy (non-hydrogen) atoms. The zero-order valence-corrected chi connectivity index (χ0v) is 15.5. The van der Waals surface area contributed by atoms with Crippen molar-refractivity contribution in [3.63, 3.8) is 0 Å². The highest BCUT2D eigenvalue weighted by Crippen LogP contribution is 2.23. The number of hydrogen-bond donors (Lipinski definition) is 1. The van der Waals surface area contributed by atoms with Crippen LogP contribution < -0.4 is 15.3 Å². The van der Waals surface area contributed by atoms with Gasteiger partial charge in [0.15, 0.2) is 0 Å². The molecule has 0 aliphatic heterocycles. The van der Waals surface area contributed by atoms with Crippen LogP contribution in [0, 0.1) is 0 Å². The van der Waals surface area contributed by atoms with Gasteiger partial charge in [0, 0.05) is 23.1 Å². The van der Waals surface area contributed by atoms with Crippen molar-refractivity contribution in [2.45, 2.75) is 13.1 Å². The van der Waals surface area contributed by atoms with Gasteiger partial charge in [-0.3, -0.25) is 0 Å². The molecule has 0 bridgehead atoms. The Balaban J connectivity index is 1.93.